The second kappa shape index (κ2) is 8.64. The van der Waals surface area contributed by atoms with Crippen molar-refractivity contribution in [2.75, 3.05) is 33.7 Å². The summed E-state index contributed by atoms with van der Waals surface area (Å²) in [6.07, 6.45) is 0. The van der Waals surface area contributed by atoms with E-state index in [1.807, 2.05) is 0 Å². The molecule has 0 aliphatic carbocycles. The summed E-state index contributed by atoms with van der Waals surface area (Å²) in [6.45, 7) is 11.6. The Bertz CT molecular complexity index is 351. The molecule has 19 heavy (non-hydrogen) atoms. The van der Waals surface area contributed by atoms with Crippen LogP contribution in [0.1, 0.15) is 31.5 Å². The Labute approximate surface area is 121 Å². The molecule has 1 aromatic heterocycles. The maximum Gasteiger partial charge on any atom is 0.107 e. The molecule has 0 aliphatic heterocycles. The highest BCUT2D eigenvalue weighted by Gasteiger charge is 2.14. The van der Waals surface area contributed by atoms with Gasteiger partial charge in [0.25, 0.3) is 0 Å². The van der Waals surface area contributed by atoms with Gasteiger partial charge in [0.05, 0.1) is 5.69 Å². The second-order valence-electron chi connectivity index (χ2n) is 5.19. The minimum Gasteiger partial charge on any atom is -0.311 e. The zero-order valence-corrected chi connectivity index (χ0v) is 13.8. The zero-order chi connectivity index (χ0) is 14.3. The summed E-state index contributed by atoms with van der Waals surface area (Å²) < 4.78 is 0. The fourth-order valence-corrected chi connectivity index (χ4v) is 2.92. The Morgan fingerprint density at radius 3 is 2.68 bits per heavy atom. The first-order valence-electron chi connectivity index (χ1n) is 7.09. The van der Waals surface area contributed by atoms with E-state index in [0.29, 0.717) is 6.04 Å². The summed E-state index contributed by atoms with van der Waals surface area (Å²) in [5, 5.41) is 6.70. The molecule has 4 nitrogen and oxygen atoms in total. The summed E-state index contributed by atoms with van der Waals surface area (Å²) in [6, 6.07) is 0.555. The molecule has 0 saturated carbocycles. The number of hydrogen-bond donors (Lipinski definition) is 1. The summed E-state index contributed by atoms with van der Waals surface area (Å²) in [7, 11) is 4.25. The van der Waals surface area contributed by atoms with Crippen LogP contribution in [0.25, 0.3) is 0 Å². The lowest BCUT2D eigenvalue weighted by Crippen LogP contribution is -2.39. The molecular formula is C14H28N4S. The molecule has 0 aromatic carbocycles. The largest absolute Gasteiger partial charge is 0.311 e. The molecule has 110 valence electrons. The van der Waals surface area contributed by atoms with E-state index in [9.17, 15) is 0 Å². The topological polar surface area (TPSA) is 31.4 Å². The Morgan fingerprint density at radius 2 is 2.11 bits per heavy atom. The Hall–Kier alpha value is -0.490. The highest BCUT2D eigenvalue weighted by Crippen LogP contribution is 2.13. The van der Waals surface area contributed by atoms with Gasteiger partial charge in [-0.2, -0.15) is 0 Å². The molecule has 1 unspecified atom stereocenters. The number of nitrogens with zero attached hydrogens (tertiary/aromatic N) is 3. The third kappa shape index (κ3) is 5.99. The molecule has 0 amide bonds. The van der Waals surface area contributed by atoms with Gasteiger partial charge in [-0.15, -0.1) is 11.3 Å². The summed E-state index contributed by atoms with van der Waals surface area (Å²) in [5.41, 5.74) is 1.20. The molecule has 1 rings (SSSR count). The van der Waals surface area contributed by atoms with Gasteiger partial charge < -0.3 is 10.2 Å². The van der Waals surface area contributed by atoms with Crippen molar-refractivity contribution in [3.63, 3.8) is 0 Å². The first-order chi connectivity index (χ1) is 9.06. The van der Waals surface area contributed by atoms with Crippen molar-refractivity contribution in [1.29, 1.82) is 0 Å². The van der Waals surface area contributed by atoms with Gasteiger partial charge in [0, 0.05) is 31.1 Å². The van der Waals surface area contributed by atoms with Crippen LogP contribution in [0.15, 0.2) is 5.38 Å². The predicted octanol–water partition coefficient (Wildman–Crippen LogP) is 2.02. The number of likely N-dealkylation sites (N-methyl/N-ethyl adjacent to an activating group) is 2. The van der Waals surface area contributed by atoms with E-state index >= 15 is 0 Å². The van der Waals surface area contributed by atoms with Crippen LogP contribution in [0.5, 0.6) is 0 Å². The van der Waals surface area contributed by atoms with E-state index < -0.39 is 0 Å². The molecule has 0 saturated heterocycles. The quantitative estimate of drug-likeness (QED) is 0.752. The maximum absolute atomic E-state index is 4.70. The van der Waals surface area contributed by atoms with Gasteiger partial charge in [-0.1, -0.05) is 13.8 Å². The Kier molecular flexibility index (Phi) is 7.53. The number of thiazole rings is 1. The predicted molar refractivity (Wildman–Crippen MR) is 83.6 cm³/mol. The molecule has 0 fully saturated rings. The first kappa shape index (κ1) is 16.6. The van der Waals surface area contributed by atoms with Gasteiger partial charge in [0.15, 0.2) is 0 Å². The van der Waals surface area contributed by atoms with E-state index in [-0.39, 0.29) is 0 Å². The zero-order valence-electron chi connectivity index (χ0n) is 12.9. The molecule has 1 heterocycles. The lowest BCUT2D eigenvalue weighted by atomic mass is 10.2. The van der Waals surface area contributed by atoms with Crippen LogP contribution in [0.3, 0.4) is 0 Å². The Morgan fingerprint density at radius 1 is 1.37 bits per heavy atom. The minimum atomic E-state index is 0.555. The van der Waals surface area contributed by atoms with Crippen molar-refractivity contribution in [3.05, 3.63) is 16.1 Å². The monoisotopic (exact) mass is 284 g/mol. The third-order valence-corrected chi connectivity index (χ3v) is 4.05. The van der Waals surface area contributed by atoms with Crippen LogP contribution in [0, 0.1) is 0 Å². The van der Waals surface area contributed by atoms with E-state index in [1.165, 1.54) is 10.7 Å². The van der Waals surface area contributed by atoms with Crippen molar-refractivity contribution in [2.24, 2.45) is 0 Å². The van der Waals surface area contributed by atoms with Gasteiger partial charge in [-0.25, -0.2) is 4.98 Å². The average molecular weight is 284 g/mol. The normalized spacial score (nSPS) is 13.4. The van der Waals surface area contributed by atoms with Crippen LogP contribution >= 0.6 is 11.3 Å². The summed E-state index contributed by atoms with van der Waals surface area (Å²) >= 11 is 1.76. The van der Waals surface area contributed by atoms with E-state index in [4.69, 9.17) is 4.98 Å². The van der Waals surface area contributed by atoms with Crippen molar-refractivity contribution in [2.45, 2.75) is 39.9 Å². The molecule has 0 spiro atoms. The van der Waals surface area contributed by atoms with E-state index in [1.54, 1.807) is 11.3 Å². The van der Waals surface area contributed by atoms with Crippen molar-refractivity contribution in [3.8, 4) is 0 Å². The molecular weight excluding hydrogens is 256 g/mol. The lowest BCUT2D eigenvalue weighted by Gasteiger charge is -2.29. The van der Waals surface area contributed by atoms with Crippen LogP contribution in [0.2, 0.25) is 0 Å². The van der Waals surface area contributed by atoms with Crippen LogP contribution in [0.4, 0.5) is 0 Å². The second-order valence-corrected chi connectivity index (χ2v) is 6.13. The highest BCUT2D eigenvalue weighted by molar-refractivity contribution is 7.09. The van der Waals surface area contributed by atoms with Gasteiger partial charge in [-0.3, -0.25) is 4.90 Å². The lowest BCUT2D eigenvalue weighted by molar-refractivity contribution is 0.172. The van der Waals surface area contributed by atoms with Crippen molar-refractivity contribution >= 4 is 11.3 Å². The highest BCUT2D eigenvalue weighted by atomic mass is 32.1. The van der Waals surface area contributed by atoms with Gasteiger partial charge in [-0.05, 0) is 34.1 Å². The van der Waals surface area contributed by atoms with Crippen LogP contribution < -0.4 is 5.32 Å². The Balaban J connectivity index is 2.52. The molecule has 1 atom stereocenters. The molecule has 5 heteroatoms. The standard InChI is InChI=1S/C14H28N4S/c1-6-15-8-14-16-13(11-19-14)10-18(7-2)12(3)9-17(4)5/h11-12,15H,6-10H2,1-5H3. The van der Waals surface area contributed by atoms with E-state index in [2.05, 4.69) is 55.4 Å². The molecule has 0 radical (unpaired) electrons. The SMILES string of the molecule is CCNCc1nc(CN(CC)C(C)CN(C)C)cs1. The molecule has 1 N–H and O–H groups in total. The molecule has 0 aliphatic rings. The average Bonchev–Trinajstić information content (AvgIpc) is 2.80. The number of nitrogens with one attached hydrogen (secondary N) is 1. The smallest absolute Gasteiger partial charge is 0.107 e. The maximum atomic E-state index is 4.70. The number of rotatable bonds is 9. The summed E-state index contributed by atoms with van der Waals surface area (Å²) in [5.74, 6) is 0. The van der Waals surface area contributed by atoms with Crippen LogP contribution in [-0.2, 0) is 13.1 Å². The molecule has 1 aromatic rings. The van der Waals surface area contributed by atoms with Crippen LogP contribution in [-0.4, -0.2) is 54.6 Å². The van der Waals surface area contributed by atoms with Crippen molar-refractivity contribution in [1.82, 2.24) is 20.1 Å². The summed E-state index contributed by atoms with van der Waals surface area (Å²) in [4.78, 5) is 9.42. The van der Waals surface area contributed by atoms with Gasteiger partial charge >= 0.3 is 0 Å². The van der Waals surface area contributed by atoms with E-state index in [0.717, 1.165) is 32.7 Å². The third-order valence-electron chi connectivity index (χ3n) is 3.15. The number of hydrogen-bond acceptors (Lipinski definition) is 5. The van der Waals surface area contributed by atoms with Gasteiger partial charge in [0.2, 0.25) is 0 Å². The van der Waals surface area contributed by atoms with Gasteiger partial charge in [0.1, 0.15) is 5.01 Å². The fraction of sp³-hybridized carbons (Fsp3) is 0.786. The van der Waals surface area contributed by atoms with Crippen molar-refractivity contribution < 1.29 is 0 Å². The fourth-order valence-electron chi connectivity index (χ4n) is 2.17. The minimum absolute atomic E-state index is 0.555. The molecule has 0 bridgehead atoms. The number of aromatic nitrogens is 1. The first-order valence-corrected chi connectivity index (χ1v) is 7.97.